The van der Waals surface area contributed by atoms with Gasteiger partial charge >= 0.3 is 29.6 Å². The van der Waals surface area contributed by atoms with Crippen LogP contribution in [0.3, 0.4) is 0 Å². The van der Waals surface area contributed by atoms with Crippen LogP contribution < -0.4 is 29.6 Å². The molecule has 0 atom stereocenters. The summed E-state index contributed by atoms with van der Waals surface area (Å²) in [7, 11) is -2.32. The molecule has 0 unspecified atom stereocenters. The van der Waals surface area contributed by atoms with E-state index in [9.17, 15) is 8.42 Å². The first-order valence-corrected chi connectivity index (χ1v) is 2.50. The predicted octanol–water partition coefficient (Wildman–Crippen LogP) is -2.75. The second kappa shape index (κ2) is 6.91. The molecule has 0 heterocycles. The molecule has 0 fully saturated rings. The second-order valence-corrected chi connectivity index (χ2v) is 1.25. The van der Waals surface area contributed by atoms with Crippen LogP contribution in [0, 0.1) is 0 Å². The first kappa shape index (κ1) is 10.8. The minimum Gasteiger partial charge on any atom is -0.424 e. The van der Waals surface area contributed by atoms with Crippen molar-refractivity contribution < 1.29 is 42.2 Å². The molecule has 0 aliphatic heterocycles. The minimum atomic E-state index is -2.32. The quantitative estimate of drug-likeness (QED) is 0.302. The van der Waals surface area contributed by atoms with Gasteiger partial charge < -0.3 is 12.6 Å². The van der Waals surface area contributed by atoms with Gasteiger partial charge in [0.05, 0.1) is 11.0 Å². The third-order valence-electron chi connectivity index (χ3n) is 0.214. The van der Waals surface area contributed by atoms with Gasteiger partial charge in [0.2, 0.25) is 0 Å². The normalized spacial score (nSPS) is 8.29. The first-order valence-electron chi connectivity index (χ1n) is 1.50. The third kappa shape index (κ3) is 10.9. The summed E-state index contributed by atoms with van der Waals surface area (Å²) in [5.74, 6) is 0. The van der Waals surface area contributed by atoms with Crippen LogP contribution in [0.5, 0.6) is 0 Å². The van der Waals surface area contributed by atoms with Crippen molar-refractivity contribution in [3.63, 3.8) is 0 Å². The molecule has 0 radical (unpaired) electrons. The van der Waals surface area contributed by atoms with Crippen LogP contribution in [0.15, 0.2) is 0 Å². The summed E-state index contributed by atoms with van der Waals surface area (Å²) in [6, 6.07) is 0. The molecule has 0 aromatic heterocycles. The van der Waals surface area contributed by atoms with Crippen LogP contribution in [0.4, 0.5) is 0 Å². The largest absolute Gasteiger partial charge is 1.00 e. The Morgan fingerprint density at radius 2 is 2.00 bits per heavy atom. The van der Waals surface area contributed by atoms with Gasteiger partial charge in [-0.05, 0) is 6.92 Å². The molecule has 0 bridgehead atoms. The van der Waals surface area contributed by atoms with E-state index in [0.29, 0.717) is 0 Å². The average molecular weight is 132 g/mol. The van der Waals surface area contributed by atoms with Gasteiger partial charge in [0.15, 0.2) is 0 Å². The molecule has 7 heavy (non-hydrogen) atoms. The SMILES string of the molecule is CCO[S-](=O)=O.[Na+]. The maximum absolute atomic E-state index is 9.38. The summed E-state index contributed by atoms with van der Waals surface area (Å²) in [5, 5.41) is 0. The molecule has 0 saturated carbocycles. The van der Waals surface area contributed by atoms with Gasteiger partial charge in [0.25, 0.3) is 0 Å². The average Bonchev–Trinajstić information content (AvgIpc) is 1.35. The molecule has 0 amide bonds. The van der Waals surface area contributed by atoms with Gasteiger partial charge in [0.1, 0.15) is 0 Å². The molecule has 0 saturated heterocycles. The fourth-order valence-electron chi connectivity index (χ4n) is 0.0962. The van der Waals surface area contributed by atoms with Crippen molar-refractivity contribution in [2.24, 2.45) is 0 Å². The Bertz CT molecular complexity index is 80.9. The number of hydrogen-bond acceptors (Lipinski definition) is 4. The molecule has 0 aliphatic carbocycles. The Balaban J connectivity index is 0. The zero-order chi connectivity index (χ0) is 4.99. The van der Waals surface area contributed by atoms with Crippen molar-refractivity contribution in [2.75, 3.05) is 6.61 Å². The van der Waals surface area contributed by atoms with Crippen molar-refractivity contribution in [3.8, 4) is 0 Å². The van der Waals surface area contributed by atoms with Gasteiger partial charge in [-0.15, -0.1) is 0 Å². The fourth-order valence-corrected chi connectivity index (χ4v) is 0.289. The van der Waals surface area contributed by atoms with E-state index in [4.69, 9.17) is 0 Å². The van der Waals surface area contributed by atoms with E-state index in [1.807, 2.05) is 0 Å². The van der Waals surface area contributed by atoms with Crippen LogP contribution in [-0.4, -0.2) is 6.61 Å². The zero-order valence-corrected chi connectivity index (χ0v) is 7.16. The van der Waals surface area contributed by atoms with E-state index in [1.54, 1.807) is 6.92 Å². The van der Waals surface area contributed by atoms with E-state index in [-0.39, 0.29) is 36.2 Å². The molecule has 0 N–H and O–H groups in total. The summed E-state index contributed by atoms with van der Waals surface area (Å²) in [5.41, 5.74) is 0. The first-order chi connectivity index (χ1) is 2.77. The van der Waals surface area contributed by atoms with Crippen LogP contribution in [0.2, 0.25) is 0 Å². The molecule has 0 aromatic rings. The predicted molar refractivity (Wildman–Crippen MR) is 20.4 cm³/mol. The Morgan fingerprint density at radius 3 is 2.00 bits per heavy atom. The molecular formula is C2H5NaO3S. The minimum absolute atomic E-state index is 0. The smallest absolute Gasteiger partial charge is 0.424 e. The summed E-state index contributed by atoms with van der Waals surface area (Å²) < 4.78 is 22.7. The maximum atomic E-state index is 9.38. The van der Waals surface area contributed by atoms with Gasteiger partial charge in [-0.25, -0.2) is 0 Å². The van der Waals surface area contributed by atoms with Crippen molar-refractivity contribution >= 4 is 11.0 Å². The van der Waals surface area contributed by atoms with Gasteiger partial charge in [0, 0.05) is 6.61 Å². The molecule has 38 valence electrons. The van der Waals surface area contributed by atoms with E-state index >= 15 is 0 Å². The number of hydrogen-bond donors (Lipinski definition) is 0. The Hall–Kier alpha value is 0.910. The van der Waals surface area contributed by atoms with E-state index in [2.05, 4.69) is 4.18 Å². The monoisotopic (exact) mass is 132 g/mol. The van der Waals surface area contributed by atoms with Crippen molar-refractivity contribution in [2.45, 2.75) is 6.92 Å². The molecule has 0 spiro atoms. The van der Waals surface area contributed by atoms with Gasteiger partial charge in [-0.1, -0.05) is 0 Å². The molecular weight excluding hydrogens is 127 g/mol. The molecule has 0 aromatic carbocycles. The van der Waals surface area contributed by atoms with Crippen LogP contribution in [0.25, 0.3) is 0 Å². The Kier molecular flexibility index (Phi) is 10.7. The molecule has 0 aliphatic rings. The molecule has 5 heteroatoms. The van der Waals surface area contributed by atoms with Crippen LogP contribution >= 0.6 is 0 Å². The third-order valence-corrected chi connectivity index (χ3v) is 0.642. The molecule has 0 rings (SSSR count). The summed E-state index contributed by atoms with van der Waals surface area (Å²) in [6.07, 6.45) is 0. The van der Waals surface area contributed by atoms with Crippen molar-refractivity contribution in [3.05, 3.63) is 0 Å². The topological polar surface area (TPSA) is 43.4 Å². The summed E-state index contributed by atoms with van der Waals surface area (Å²) >= 11 is 0. The van der Waals surface area contributed by atoms with Gasteiger partial charge in [-0.3, -0.25) is 0 Å². The molecule has 3 nitrogen and oxygen atoms in total. The Labute approximate surface area is 66.5 Å². The van der Waals surface area contributed by atoms with Gasteiger partial charge in [-0.2, -0.15) is 0 Å². The second-order valence-electron chi connectivity index (χ2n) is 0.611. The van der Waals surface area contributed by atoms with Crippen molar-refractivity contribution in [1.82, 2.24) is 0 Å². The van der Waals surface area contributed by atoms with Crippen LogP contribution in [-0.2, 0) is 23.6 Å². The fraction of sp³-hybridized carbons (Fsp3) is 1.00. The van der Waals surface area contributed by atoms with Crippen LogP contribution in [0.1, 0.15) is 6.92 Å². The standard InChI is InChI=1S/C2H5O3S.Na/c1-2-5-6(3)4;/h2H2,1H3;/q-1;+1. The van der Waals surface area contributed by atoms with Crippen molar-refractivity contribution in [1.29, 1.82) is 0 Å². The summed E-state index contributed by atoms with van der Waals surface area (Å²) in [6.45, 7) is 1.83. The summed E-state index contributed by atoms with van der Waals surface area (Å²) in [4.78, 5) is 0. The number of rotatable bonds is 2. The Morgan fingerprint density at radius 1 is 1.57 bits per heavy atom. The maximum Gasteiger partial charge on any atom is 1.00 e. The van der Waals surface area contributed by atoms with E-state index < -0.39 is 11.0 Å². The van der Waals surface area contributed by atoms with E-state index in [1.165, 1.54) is 0 Å². The van der Waals surface area contributed by atoms with E-state index in [0.717, 1.165) is 0 Å². The zero-order valence-electron chi connectivity index (χ0n) is 4.34.